The van der Waals surface area contributed by atoms with Crippen molar-refractivity contribution in [2.75, 3.05) is 11.9 Å². The topological polar surface area (TPSA) is 89.8 Å². The first-order valence-electron chi connectivity index (χ1n) is 8.92. The average molecular weight is 358 g/mol. The third-order valence-corrected chi connectivity index (χ3v) is 5.20. The fourth-order valence-electron chi connectivity index (χ4n) is 3.82. The second-order valence-corrected chi connectivity index (χ2v) is 7.02. The van der Waals surface area contributed by atoms with Gasteiger partial charge in [-0.25, -0.2) is 0 Å². The average Bonchev–Trinajstić information content (AvgIpc) is 3.28. The molecule has 4 N–H and O–H groups in total. The van der Waals surface area contributed by atoms with Crippen LogP contribution in [0.1, 0.15) is 39.3 Å². The van der Waals surface area contributed by atoms with Crippen molar-refractivity contribution < 1.29 is 9.59 Å². The quantitative estimate of drug-likeness (QED) is 0.440. The molecule has 134 valence electrons. The summed E-state index contributed by atoms with van der Waals surface area (Å²) in [6, 6.07) is 13.2. The number of amides is 2. The standard InChI is InChI=1S/C21H18N4O2/c1-11-10-23-21(27)19-18(11)15-9-13(2-4-17(15)25-19)20(26)24-14-3-5-16-12(8-14)6-7-22-16/h2-9,11,22,25H,10H2,1H3,(H,23,27)(H,24,26). The number of hydrogen-bond acceptors (Lipinski definition) is 2. The van der Waals surface area contributed by atoms with Crippen LogP contribution in [0.15, 0.2) is 48.7 Å². The highest BCUT2D eigenvalue weighted by molar-refractivity contribution is 6.09. The van der Waals surface area contributed by atoms with Crippen LogP contribution in [0.4, 0.5) is 5.69 Å². The third-order valence-electron chi connectivity index (χ3n) is 5.20. The number of H-pyrrole nitrogens is 2. The van der Waals surface area contributed by atoms with E-state index in [2.05, 4.69) is 27.5 Å². The lowest BCUT2D eigenvalue weighted by Crippen LogP contribution is -2.33. The molecule has 1 atom stereocenters. The Kier molecular flexibility index (Phi) is 3.33. The molecule has 2 amide bonds. The molecule has 0 radical (unpaired) electrons. The van der Waals surface area contributed by atoms with Crippen molar-refractivity contribution in [1.82, 2.24) is 15.3 Å². The van der Waals surface area contributed by atoms with E-state index in [-0.39, 0.29) is 17.7 Å². The second-order valence-electron chi connectivity index (χ2n) is 7.02. The maximum atomic E-state index is 12.8. The van der Waals surface area contributed by atoms with Gasteiger partial charge in [0.15, 0.2) is 0 Å². The Morgan fingerprint density at radius 1 is 1.11 bits per heavy atom. The number of carbonyl (C=O) groups is 2. The lowest BCUT2D eigenvalue weighted by Gasteiger charge is -2.19. The molecule has 3 heterocycles. The highest BCUT2D eigenvalue weighted by Crippen LogP contribution is 2.32. The van der Waals surface area contributed by atoms with Gasteiger partial charge in [-0.05, 0) is 48.0 Å². The molecular formula is C21H18N4O2. The molecular weight excluding hydrogens is 340 g/mol. The number of rotatable bonds is 2. The number of anilines is 1. The zero-order chi connectivity index (χ0) is 18.5. The van der Waals surface area contributed by atoms with Crippen molar-refractivity contribution in [3.8, 4) is 0 Å². The number of carbonyl (C=O) groups excluding carboxylic acids is 2. The first-order valence-corrected chi connectivity index (χ1v) is 8.92. The van der Waals surface area contributed by atoms with Gasteiger partial charge in [0, 0.05) is 51.7 Å². The lowest BCUT2D eigenvalue weighted by atomic mass is 9.93. The Morgan fingerprint density at radius 3 is 2.85 bits per heavy atom. The summed E-state index contributed by atoms with van der Waals surface area (Å²) < 4.78 is 0. The summed E-state index contributed by atoms with van der Waals surface area (Å²) in [5.41, 5.74) is 4.79. The fourth-order valence-corrected chi connectivity index (χ4v) is 3.82. The van der Waals surface area contributed by atoms with E-state index < -0.39 is 0 Å². The summed E-state index contributed by atoms with van der Waals surface area (Å²) in [5, 5.41) is 7.81. The molecule has 27 heavy (non-hydrogen) atoms. The molecule has 1 aliphatic rings. The normalized spacial score (nSPS) is 16.3. The minimum absolute atomic E-state index is 0.0925. The summed E-state index contributed by atoms with van der Waals surface area (Å²) in [4.78, 5) is 31.2. The van der Waals surface area contributed by atoms with E-state index in [1.54, 1.807) is 6.07 Å². The van der Waals surface area contributed by atoms with E-state index >= 15 is 0 Å². The Morgan fingerprint density at radius 2 is 1.96 bits per heavy atom. The maximum Gasteiger partial charge on any atom is 0.268 e. The lowest BCUT2D eigenvalue weighted by molar-refractivity contribution is 0.0936. The number of hydrogen-bond donors (Lipinski definition) is 4. The number of aromatic amines is 2. The fraction of sp³-hybridized carbons (Fsp3) is 0.143. The van der Waals surface area contributed by atoms with E-state index in [0.717, 1.165) is 33.1 Å². The zero-order valence-corrected chi connectivity index (χ0v) is 14.7. The van der Waals surface area contributed by atoms with Gasteiger partial charge in [0.2, 0.25) is 0 Å². The van der Waals surface area contributed by atoms with Crippen LogP contribution >= 0.6 is 0 Å². The Labute approximate surface area is 155 Å². The molecule has 4 aromatic rings. The molecule has 2 aromatic heterocycles. The van der Waals surface area contributed by atoms with Gasteiger partial charge in [-0.2, -0.15) is 0 Å². The zero-order valence-electron chi connectivity index (χ0n) is 14.7. The summed E-state index contributed by atoms with van der Waals surface area (Å²) in [5.74, 6) is -0.0690. The molecule has 0 saturated heterocycles. The third kappa shape index (κ3) is 2.49. The minimum Gasteiger partial charge on any atom is -0.361 e. The Bertz CT molecular complexity index is 1220. The number of fused-ring (bicyclic) bond motifs is 4. The van der Waals surface area contributed by atoms with Gasteiger partial charge in [0.1, 0.15) is 5.69 Å². The number of nitrogens with one attached hydrogen (secondary N) is 4. The van der Waals surface area contributed by atoms with E-state index in [1.165, 1.54) is 0 Å². The number of benzene rings is 2. The van der Waals surface area contributed by atoms with Crippen molar-refractivity contribution in [1.29, 1.82) is 0 Å². The first-order chi connectivity index (χ1) is 13.1. The molecule has 2 aromatic carbocycles. The Balaban J connectivity index is 1.51. The molecule has 0 saturated carbocycles. The Hall–Kier alpha value is -3.54. The maximum absolute atomic E-state index is 12.8. The summed E-state index contributed by atoms with van der Waals surface area (Å²) in [7, 11) is 0. The van der Waals surface area contributed by atoms with Gasteiger partial charge < -0.3 is 20.6 Å². The van der Waals surface area contributed by atoms with Crippen LogP contribution in [0.3, 0.4) is 0 Å². The van der Waals surface area contributed by atoms with Crippen molar-refractivity contribution in [3.05, 3.63) is 65.5 Å². The summed E-state index contributed by atoms with van der Waals surface area (Å²) in [6.07, 6.45) is 1.87. The van der Waals surface area contributed by atoms with Gasteiger partial charge >= 0.3 is 0 Å². The van der Waals surface area contributed by atoms with Crippen molar-refractivity contribution in [2.45, 2.75) is 12.8 Å². The van der Waals surface area contributed by atoms with Crippen LogP contribution in [-0.2, 0) is 0 Å². The van der Waals surface area contributed by atoms with Crippen LogP contribution in [0.25, 0.3) is 21.8 Å². The van der Waals surface area contributed by atoms with Gasteiger partial charge in [0.05, 0.1) is 0 Å². The number of aromatic nitrogens is 2. The van der Waals surface area contributed by atoms with E-state index in [0.29, 0.717) is 17.8 Å². The molecule has 0 fully saturated rings. The monoisotopic (exact) mass is 358 g/mol. The van der Waals surface area contributed by atoms with Crippen LogP contribution in [0.5, 0.6) is 0 Å². The largest absolute Gasteiger partial charge is 0.361 e. The van der Waals surface area contributed by atoms with E-state index in [1.807, 2.05) is 42.6 Å². The predicted octanol–water partition coefficient (Wildman–Crippen LogP) is 3.75. The van der Waals surface area contributed by atoms with Gasteiger partial charge in [-0.3, -0.25) is 9.59 Å². The molecule has 0 aliphatic carbocycles. The van der Waals surface area contributed by atoms with Gasteiger partial charge in [-0.15, -0.1) is 0 Å². The predicted molar refractivity (Wildman–Crippen MR) is 105 cm³/mol. The van der Waals surface area contributed by atoms with E-state index in [4.69, 9.17) is 0 Å². The second kappa shape index (κ2) is 5.74. The molecule has 0 bridgehead atoms. The minimum atomic E-state index is -0.172. The van der Waals surface area contributed by atoms with Crippen molar-refractivity contribution in [3.63, 3.8) is 0 Å². The van der Waals surface area contributed by atoms with Gasteiger partial charge in [0.25, 0.3) is 11.8 Å². The highest BCUT2D eigenvalue weighted by atomic mass is 16.2. The smallest absolute Gasteiger partial charge is 0.268 e. The van der Waals surface area contributed by atoms with E-state index in [9.17, 15) is 9.59 Å². The van der Waals surface area contributed by atoms with Crippen molar-refractivity contribution >= 4 is 39.3 Å². The van der Waals surface area contributed by atoms with Crippen molar-refractivity contribution in [2.24, 2.45) is 0 Å². The molecule has 1 unspecified atom stereocenters. The molecule has 5 rings (SSSR count). The molecule has 1 aliphatic heterocycles. The molecule has 6 nitrogen and oxygen atoms in total. The van der Waals surface area contributed by atoms with Crippen LogP contribution in [-0.4, -0.2) is 28.3 Å². The first kappa shape index (κ1) is 15.7. The highest BCUT2D eigenvalue weighted by Gasteiger charge is 2.27. The van der Waals surface area contributed by atoms with Crippen LogP contribution < -0.4 is 10.6 Å². The molecule has 0 spiro atoms. The summed E-state index contributed by atoms with van der Waals surface area (Å²) in [6.45, 7) is 2.68. The van der Waals surface area contributed by atoms with Crippen LogP contribution in [0, 0.1) is 0 Å². The summed E-state index contributed by atoms with van der Waals surface area (Å²) >= 11 is 0. The van der Waals surface area contributed by atoms with Gasteiger partial charge in [-0.1, -0.05) is 6.92 Å². The SMILES string of the molecule is CC1CNC(=O)c2[nH]c3ccc(C(=O)Nc4ccc5[nH]ccc5c4)cc3c21. The molecule has 6 heteroatoms. The van der Waals surface area contributed by atoms with Crippen LogP contribution in [0.2, 0.25) is 0 Å².